The predicted molar refractivity (Wildman–Crippen MR) is 83.9 cm³/mol. The molecule has 0 aliphatic rings. The maximum absolute atomic E-state index is 9.87. The van der Waals surface area contributed by atoms with Crippen LogP contribution in [0.1, 0.15) is 5.56 Å². The minimum Gasteiger partial charge on any atom is -0.489 e. The van der Waals surface area contributed by atoms with Crippen molar-refractivity contribution in [1.29, 1.82) is 0 Å². The number of aromatic nitrogens is 1. The summed E-state index contributed by atoms with van der Waals surface area (Å²) in [4.78, 5) is 3.95. The molecule has 0 spiro atoms. The molecule has 0 radical (unpaired) electrons. The van der Waals surface area contributed by atoms with Crippen LogP contribution in [0.4, 0.5) is 0 Å². The van der Waals surface area contributed by atoms with Crippen LogP contribution in [0.25, 0.3) is 0 Å². The molecule has 1 atom stereocenters. The highest BCUT2D eigenvalue weighted by Gasteiger charge is 2.08. The average Bonchev–Trinajstić information content (AvgIpc) is 2.49. The first kappa shape index (κ1) is 16.0. The third kappa shape index (κ3) is 5.52. The van der Waals surface area contributed by atoms with Gasteiger partial charge < -0.3 is 15.2 Å². The number of pyridine rings is 1. The smallest absolute Gasteiger partial charge is 0.139 e. The number of hydrogen-bond donors (Lipinski definition) is 2. The van der Waals surface area contributed by atoms with Gasteiger partial charge in [0.2, 0.25) is 0 Å². The predicted octanol–water partition coefficient (Wildman–Crippen LogP) is 2.92. The largest absolute Gasteiger partial charge is 0.489 e. The summed E-state index contributed by atoms with van der Waals surface area (Å²) in [5.74, 6) is 0.470. The minimum absolute atomic E-state index is 0.142. The average molecular weight is 327 g/mol. The van der Waals surface area contributed by atoms with Gasteiger partial charge in [-0.25, -0.2) is 0 Å². The topological polar surface area (TPSA) is 54.4 Å². The molecule has 2 rings (SSSR count). The quantitative estimate of drug-likeness (QED) is 0.821. The molecule has 112 valence electrons. The van der Waals surface area contributed by atoms with Crippen LogP contribution in [0.2, 0.25) is 10.0 Å². The van der Waals surface area contributed by atoms with Crippen molar-refractivity contribution in [2.75, 3.05) is 13.2 Å². The van der Waals surface area contributed by atoms with E-state index < -0.39 is 6.10 Å². The van der Waals surface area contributed by atoms with Gasteiger partial charge in [0.25, 0.3) is 0 Å². The van der Waals surface area contributed by atoms with E-state index in [2.05, 4.69) is 10.3 Å². The second kappa shape index (κ2) is 8.20. The maximum Gasteiger partial charge on any atom is 0.139 e. The molecule has 2 N–H and O–H groups in total. The molecule has 2 aromatic rings. The van der Waals surface area contributed by atoms with Gasteiger partial charge in [-0.05, 0) is 29.8 Å². The third-order valence-electron chi connectivity index (χ3n) is 2.78. The number of halogens is 2. The van der Waals surface area contributed by atoms with Crippen LogP contribution in [-0.4, -0.2) is 29.3 Å². The molecule has 1 unspecified atom stereocenters. The van der Waals surface area contributed by atoms with E-state index in [0.29, 0.717) is 28.9 Å². The summed E-state index contributed by atoms with van der Waals surface area (Å²) in [5.41, 5.74) is 1.11. The van der Waals surface area contributed by atoms with Crippen molar-refractivity contribution in [3.8, 4) is 5.75 Å². The van der Waals surface area contributed by atoms with E-state index >= 15 is 0 Å². The summed E-state index contributed by atoms with van der Waals surface area (Å²) in [6.07, 6.45) is 2.83. The fourth-order valence-corrected chi connectivity index (χ4v) is 2.05. The van der Waals surface area contributed by atoms with E-state index in [4.69, 9.17) is 27.9 Å². The summed E-state index contributed by atoms with van der Waals surface area (Å²) < 4.78 is 5.47. The van der Waals surface area contributed by atoms with Crippen molar-refractivity contribution in [2.45, 2.75) is 12.6 Å². The van der Waals surface area contributed by atoms with Gasteiger partial charge in [-0.1, -0.05) is 23.2 Å². The maximum atomic E-state index is 9.87. The molecule has 6 heteroatoms. The minimum atomic E-state index is -0.637. The Labute approximate surface area is 133 Å². The molecule has 0 saturated carbocycles. The number of nitrogens with one attached hydrogen (secondary N) is 1. The Morgan fingerprint density at radius 3 is 2.71 bits per heavy atom. The van der Waals surface area contributed by atoms with Crippen LogP contribution in [0.3, 0.4) is 0 Å². The highest BCUT2D eigenvalue weighted by molar-refractivity contribution is 6.34. The Bertz CT molecular complexity index is 567. The SMILES string of the molecule is OC(CNCc1ccncc1)COc1cc(Cl)ccc1Cl. The lowest BCUT2D eigenvalue weighted by Crippen LogP contribution is -2.31. The second-order valence-corrected chi connectivity index (χ2v) is 5.37. The fourth-order valence-electron chi connectivity index (χ4n) is 1.72. The molecule has 1 heterocycles. The van der Waals surface area contributed by atoms with Gasteiger partial charge in [0.1, 0.15) is 18.5 Å². The summed E-state index contributed by atoms with van der Waals surface area (Å²) in [7, 11) is 0. The van der Waals surface area contributed by atoms with Gasteiger partial charge >= 0.3 is 0 Å². The molecule has 0 amide bonds. The van der Waals surface area contributed by atoms with Crippen LogP contribution < -0.4 is 10.1 Å². The van der Waals surface area contributed by atoms with E-state index in [-0.39, 0.29) is 6.61 Å². The van der Waals surface area contributed by atoms with Gasteiger partial charge in [0, 0.05) is 36.6 Å². The molecule has 0 fully saturated rings. The van der Waals surface area contributed by atoms with Gasteiger partial charge in [0.05, 0.1) is 5.02 Å². The number of hydrogen-bond acceptors (Lipinski definition) is 4. The molecule has 21 heavy (non-hydrogen) atoms. The van der Waals surface area contributed by atoms with Crippen molar-refractivity contribution in [3.63, 3.8) is 0 Å². The first-order chi connectivity index (χ1) is 10.1. The molecule has 4 nitrogen and oxygen atoms in total. The van der Waals surface area contributed by atoms with Gasteiger partial charge in [-0.3, -0.25) is 4.98 Å². The monoisotopic (exact) mass is 326 g/mol. The van der Waals surface area contributed by atoms with Gasteiger partial charge in [-0.15, -0.1) is 0 Å². The lowest BCUT2D eigenvalue weighted by molar-refractivity contribution is 0.106. The van der Waals surface area contributed by atoms with E-state index in [9.17, 15) is 5.11 Å². The molecular weight excluding hydrogens is 311 g/mol. The van der Waals surface area contributed by atoms with Crippen LogP contribution in [-0.2, 0) is 6.54 Å². The number of aliphatic hydroxyl groups excluding tert-OH is 1. The molecule has 0 bridgehead atoms. The lowest BCUT2D eigenvalue weighted by Gasteiger charge is -2.14. The second-order valence-electron chi connectivity index (χ2n) is 4.53. The molecule has 1 aromatic carbocycles. The molecule has 0 aliphatic heterocycles. The normalized spacial score (nSPS) is 12.1. The highest BCUT2D eigenvalue weighted by Crippen LogP contribution is 2.27. The van der Waals surface area contributed by atoms with E-state index in [0.717, 1.165) is 5.56 Å². The Balaban J connectivity index is 1.72. The first-order valence-electron chi connectivity index (χ1n) is 6.50. The molecule has 1 aromatic heterocycles. The fraction of sp³-hybridized carbons (Fsp3) is 0.267. The molecular formula is C15H16Cl2N2O2. The van der Waals surface area contributed by atoms with E-state index in [1.54, 1.807) is 30.6 Å². The number of nitrogens with zero attached hydrogens (tertiary/aromatic N) is 1. The van der Waals surface area contributed by atoms with Crippen molar-refractivity contribution in [1.82, 2.24) is 10.3 Å². The van der Waals surface area contributed by atoms with E-state index in [1.165, 1.54) is 0 Å². The summed E-state index contributed by atoms with van der Waals surface area (Å²) in [5, 5.41) is 14.0. The number of ether oxygens (including phenoxy) is 1. The Morgan fingerprint density at radius 2 is 1.95 bits per heavy atom. The van der Waals surface area contributed by atoms with Crippen molar-refractivity contribution in [2.24, 2.45) is 0 Å². The number of benzene rings is 1. The molecule has 0 aliphatic carbocycles. The Hall–Kier alpha value is -1.33. The van der Waals surface area contributed by atoms with Crippen LogP contribution in [0.15, 0.2) is 42.7 Å². The molecule has 0 saturated heterocycles. The van der Waals surface area contributed by atoms with Crippen LogP contribution in [0.5, 0.6) is 5.75 Å². The van der Waals surface area contributed by atoms with Gasteiger partial charge in [0.15, 0.2) is 0 Å². The summed E-state index contributed by atoms with van der Waals surface area (Å²) in [6, 6.07) is 8.81. The van der Waals surface area contributed by atoms with Crippen molar-refractivity contribution < 1.29 is 9.84 Å². The lowest BCUT2D eigenvalue weighted by atomic mass is 10.2. The third-order valence-corrected chi connectivity index (χ3v) is 3.33. The zero-order chi connectivity index (χ0) is 15.1. The number of rotatable bonds is 7. The standard InChI is InChI=1S/C15H16Cl2N2O2/c16-12-1-2-14(17)15(7-12)21-10-13(20)9-19-8-11-3-5-18-6-4-11/h1-7,13,19-20H,8-10H2. The highest BCUT2D eigenvalue weighted by atomic mass is 35.5. The Kier molecular flexibility index (Phi) is 6.26. The number of aliphatic hydroxyl groups is 1. The van der Waals surface area contributed by atoms with Crippen molar-refractivity contribution in [3.05, 3.63) is 58.3 Å². The summed E-state index contributed by atoms with van der Waals surface area (Å²) >= 11 is 11.8. The zero-order valence-corrected chi connectivity index (χ0v) is 12.8. The van der Waals surface area contributed by atoms with E-state index in [1.807, 2.05) is 12.1 Å². The van der Waals surface area contributed by atoms with Crippen LogP contribution >= 0.6 is 23.2 Å². The zero-order valence-electron chi connectivity index (χ0n) is 11.3. The first-order valence-corrected chi connectivity index (χ1v) is 7.26. The summed E-state index contributed by atoms with van der Waals surface area (Å²) in [6.45, 7) is 1.22. The van der Waals surface area contributed by atoms with Gasteiger partial charge in [-0.2, -0.15) is 0 Å². The van der Waals surface area contributed by atoms with Crippen LogP contribution in [0, 0.1) is 0 Å². The Morgan fingerprint density at radius 1 is 1.19 bits per heavy atom. The van der Waals surface area contributed by atoms with Crippen molar-refractivity contribution >= 4 is 23.2 Å².